The van der Waals surface area contributed by atoms with Gasteiger partial charge in [-0.1, -0.05) is 24.3 Å². The molecule has 0 aliphatic rings. The summed E-state index contributed by atoms with van der Waals surface area (Å²) in [5.41, 5.74) is 5.99. The number of fused-ring (bicyclic) bond motifs is 2. The zero-order valence-corrected chi connectivity index (χ0v) is 17.1. The van der Waals surface area contributed by atoms with Gasteiger partial charge in [-0.3, -0.25) is 9.35 Å². The van der Waals surface area contributed by atoms with Crippen molar-refractivity contribution in [3.8, 4) is 11.1 Å². The molecule has 8 nitrogen and oxygen atoms in total. The van der Waals surface area contributed by atoms with Gasteiger partial charge in [-0.05, 0) is 29.3 Å². The molecular weight excluding hydrogens is 414 g/mol. The SMILES string of the molecule is O=c1[nH]cc(Cc2cccc(CNS(=O)O)c2)n2cc(-c3c[nH]c4ncccc34)cc12. The molecule has 5 aromatic rings. The zero-order chi connectivity index (χ0) is 21.4. The summed E-state index contributed by atoms with van der Waals surface area (Å²) in [6.07, 6.45) is 7.93. The molecule has 0 amide bonds. The number of rotatable bonds is 6. The van der Waals surface area contributed by atoms with E-state index in [4.69, 9.17) is 4.55 Å². The third-order valence-corrected chi connectivity index (χ3v) is 5.66. The van der Waals surface area contributed by atoms with Gasteiger partial charge < -0.3 is 14.4 Å². The number of hydrogen-bond acceptors (Lipinski definition) is 3. The Kier molecular flexibility index (Phi) is 4.99. The van der Waals surface area contributed by atoms with Gasteiger partial charge in [-0.25, -0.2) is 13.9 Å². The van der Waals surface area contributed by atoms with Gasteiger partial charge in [-0.15, -0.1) is 0 Å². The molecule has 0 saturated heterocycles. The van der Waals surface area contributed by atoms with E-state index >= 15 is 0 Å². The molecule has 1 atom stereocenters. The average Bonchev–Trinajstić information content (AvgIpc) is 3.40. The molecule has 9 heteroatoms. The number of nitrogens with zero attached hydrogens (tertiary/aromatic N) is 2. The van der Waals surface area contributed by atoms with Crippen LogP contribution in [0.2, 0.25) is 0 Å². The molecule has 4 aromatic heterocycles. The maximum absolute atomic E-state index is 12.5. The summed E-state index contributed by atoms with van der Waals surface area (Å²) in [5, 5.41) is 0.998. The highest BCUT2D eigenvalue weighted by molar-refractivity contribution is 7.77. The molecule has 1 aromatic carbocycles. The molecule has 31 heavy (non-hydrogen) atoms. The summed E-state index contributed by atoms with van der Waals surface area (Å²) in [6, 6.07) is 13.6. The summed E-state index contributed by atoms with van der Waals surface area (Å²) >= 11 is -2.05. The first-order valence-electron chi connectivity index (χ1n) is 9.66. The lowest BCUT2D eigenvalue weighted by molar-refractivity contribution is 0.548. The summed E-state index contributed by atoms with van der Waals surface area (Å²) in [4.78, 5) is 22.8. The van der Waals surface area contributed by atoms with Crippen molar-refractivity contribution in [2.45, 2.75) is 13.0 Å². The van der Waals surface area contributed by atoms with Crippen molar-refractivity contribution < 1.29 is 8.76 Å². The van der Waals surface area contributed by atoms with E-state index in [-0.39, 0.29) is 5.56 Å². The van der Waals surface area contributed by atoms with Crippen molar-refractivity contribution in [3.05, 3.63) is 94.4 Å². The van der Waals surface area contributed by atoms with E-state index in [2.05, 4.69) is 19.7 Å². The van der Waals surface area contributed by atoms with Crippen molar-refractivity contribution >= 4 is 27.8 Å². The minimum atomic E-state index is -2.05. The molecule has 4 heterocycles. The average molecular weight is 433 g/mol. The number of nitrogens with one attached hydrogen (secondary N) is 3. The van der Waals surface area contributed by atoms with Crippen molar-refractivity contribution in [1.29, 1.82) is 0 Å². The fraction of sp³-hybridized carbons (Fsp3) is 0.0909. The minimum Gasteiger partial charge on any atom is -0.346 e. The lowest BCUT2D eigenvalue weighted by atomic mass is 10.1. The van der Waals surface area contributed by atoms with Crippen molar-refractivity contribution in [3.63, 3.8) is 0 Å². The van der Waals surface area contributed by atoms with Crippen LogP contribution in [0.25, 0.3) is 27.7 Å². The van der Waals surface area contributed by atoms with E-state index in [1.807, 2.05) is 59.3 Å². The summed E-state index contributed by atoms with van der Waals surface area (Å²) in [7, 11) is 0. The molecule has 5 rings (SSSR count). The van der Waals surface area contributed by atoms with Crippen LogP contribution >= 0.6 is 0 Å². The second-order valence-electron chi connectivity index (χ2n) is 7.26. The number of aromatic amines is 2. The van der Waals surface area contributed by atoms with Gasteiger partial charge in [-0.2, -0.15) is 0 Å². The molecular formula is C22H19N5O3S. The molecule has 0 radical (unpaired) electrons. The molecule has 0 spiro atoms. The maximum atomic E-state index is 12.5. The van der Waals surface area contributed by atoms with Crippen LogP contribution in [0.3, 0.4) is 0 Å². The predicted molar refractivity (Wildman–Crippen MR) is 120 cm³/mol. The first kappa shape index (κ1) is 19.4. The fourth-order valence-corrected chi connectivity index (χ4v) is 4.14. The normalized spacial score (nSPS) is 12.5. The number of H-pyrrole nitrogens is 2. The van der Waals surface area contributed by atoms with E-state index < -0.39 is 11.3 Å². The van der Waals surface area contributed by atoms with E-state index in [1.165, 1.54) is 0 Å². The zero-order valence-electron chi connectivity index (χ0n) is 16.3. The van der Waals surface area contributed by atoms with Crippen LogP contribution in [0.1, 0.15) is 16.8 Å². The standard InChI is InChI=1S/C22H19N5O3S/c28-22-20-9-16(19-12-24-21-18(19)5-2-6-23-21)13-27(20)17(11-25-22)8-14-3-1-4-15(7-14)10-26-31(29)30/h1-7,9,11-13,26H,8,10H2,(H,23,24)(H,25,28)(H,29,30). The summed E-state index contributed by atoms with van der Waals surface area (Å²) in [6.45, 7) is 0.292. The Bertz CT molecular complexity index is 1480. The highest BCUT2D eigenvalue weighted by atomic mass is 32.2. The van der Waals surface area contributed by atoms with Crippen molar-refractivity contribution in [2.24, 2.45) is 0 Å². The number of aromatic nitrogens is 4. The Hall–Kier alpha value is -3.53. The van der Waals surface area contributed by atoms with Crippen LogP contribution in [-0.2, 0) is 24.2 Å². The molecule has 0 bridgehead atoms. The van der Waals surface area contributed by atoms with E-state index in [0.717, 1.165) is 39.0 Å². The third kappa shape index (κ3) is 3.81. The Labute approximate surface area is 179 Å². The minimum absolute atomic E-state index is 0.156. The highest BCUT2D eigenvalue weighted by Crippen LogP contribution is 2.29. The molecule has 0 saturated carbocycles. The van der Waals surface area contributed by atoms with Crippen molar-refractivity contribution in [1.82, 2.24) is 24.1 Å². The van der Waals surface area contributed by atoms with Crippen LogP contribution < -0.4 is 10.3 Å². The number of pyridine rings is 1. The first-order chi connectivity index (χ1) is 15.1. The predicted octanol–water partition coefficient (Wildman–Crippen LogP) is 2.99. The highest BCUT2D eigenvalue weighted by Gasteiger charge is 2.13. The van der Waals surface area contributed by atoms with Gasteiger partial charge in [0.15, 0.2) is 0 Å². The molecule has 0 fully saturated rings. The second-order valence-corrected chi connectivity index (χ2v) is 8.05. The largest absolute Gasteiger partial charge is 0.346 e. The van der Waals surface area contributed by atoms with Gasteiger partial charge in [0, 0.05) is 60.0 Å². The maximum Gasteiger partial charge on any atom is 0.272 e. The van der Waals surface area contributed by atoms with E-state index in [0.29, 0.717) is 18.5 Å². The van der Waals surface area contributed by atoms with Crippen LogP contribution in [-0.4, -0.2) is 28.1 Å². The molecule has 0 aliphatic heterocycles. The van der Waals surface area contributed by atoms with Gasteiger partial charge in [0.25, 0.3) is 5.56 Å². The first-order valence-corrected chi connectivity index (χ1v) is 10.8. The van der Waals surface area contributed by atoms with Crippen LogP contribution in [0.5, 0.6) is 0 Å². The van der Waals surface area contributed by atoms with Gasteiger partial charge in [0.1, 0.15) is 11.2 Å². The fourth-order valence-electron chi connectivity index (χ4n) is 3.85. The Morgan fingerprint density at radius 3 is 2.84 bits per heavy atom. The van der Waals surface area contributed by atoms with Crippen LogP contribution in [0.4, 0.5) is 0 Å². The summed E-state index contributed by atoms with van der Waals surface area (Å²) < 4.78 is 24.2. The molecule has 156 valence electrons. The van der Waals surface area contributed by atoms with Crippen LogP contribution in [0, 0.1) is 0 Å². The topological polar surface area (TPSA) is 115 Å². The Balaban J connectivity index is 1.53. The monoisotopic (exact) mass is 433 g/mol. The quantitative estimate of drug-likeness (QED) is 0.308. The lowest BCUT2D eigenvalue weighted by Crippen LogP contribution is -2.15. The Morgan fingerprint density at radius 1 is 1.10 bits per heavy atom. The Morgan fingerprint density at radius 2 is 1.97 bits per heavy atom. The van der Waals surface area contributed by atoms with E-state index in [1.54, 1.807) is 12.4 Å². The molecule has 4 N–H and O–H groups in total. The third-order valence-electron chi connectivity index (χ3n) is 5.27. The van der Waals surface area contributed by atoms with Gasteiger partial charge in [0.2, 0.25) is 11.3 Å². The van der Waals surface area contributed by atoms with E-state index in [9.17, 15) is 9.00 Å². The van der Waals surface area contributed by atoms with Crippen molar-refractivity contribution in [2.75, 3.05) is 0 Å². The smallest absolute Gasteiger partial charge is 0.272 e. The lowest BCUT2D eigenvalue weighted by Gasteiger charge is -2.08. The molecule has 1 unspecified atom stereocenters. The number of hydrogen-bond donors (Lipinski definition) is 4. The second kappa shape index (κ2) is 7.95. The van der Waals surface area contributed by atoms with Crippen LogP contribution in [0.15, 0.2) is 72.0 Å². The van der Waals surface area contributed by atoms with Gasteiger partial charge in [0.05, 0.1) is 0 Å². The van der Waals surface area contributed by atoms with Gasteiger partial charge >= 0.3 is 0 Å². The molecule has 0 aliphatic carbocycles. The number of benzene rings is 1. The summed E-state index contributed by atoms with van der Waals surface area (Å²) in [5.74, 6) is 0.